The molecule has 37 heavy (non-hydrogen) atoms. The maximum Gasteiger partial charge on any atom is 0.145 e. The predicted octanol–water partition coefficient (Wildman–Crippen LogP) is 9.86. The first-order chi connectivity index (χ1) is 18.0. The van der Waals surface area contributed by atoms with Crippen molar-refractivity contribution in [3.05, 3.63) is 108 Å². The number of aromatic nitrogens is 2. The van der Waals surface area contributed by atoms with Crippen LogP contribution < -0.4 is 0 Å². The smallest absolute Gasteiger partial charge is 0.145 e. The molecule has 7 aromatic rings. The van der Waals surface area contributed by atoms with Crippen molar-refractivity contribution in [3.8, 4) is 11.3 Å². The Hall–Kier alpha value is -4.17. The van der Waals surface area contributed by atoms with Crippen molar-refractivity contribution < 1.29 is 0 Å². The Morgan fingerprint density at radius 1 is 0.568 bits per heavy atom. The van der Waals surface area contributed by atoms with Gasteiger partial charge in [0.05, 0.1) is 11.2 Å². The molecule has 5 aromatic carbocycles. The van der Waals surface area contributed by atoms with Gasteiger partial charge >= 0.3 is 0 Å². The van der Waals surface area contributed by atoms with Gasteiger partial charge in [-0.2, -0.15) is 0 Å². The molecule has 2 aromatic heterocycles. The van der Waals surface area contributed by atoms with Crippen molar-refractivity contribution in [2.45, 2.75) is 39.5 Å². The highest BCUT2D eigenvalue weighted by Gasteiger charge is 2.21. The Morgan fingerprint density at radius 2 is 1.19 bits per heavy atom. The zero-order valence-electron chi connectivity index (χ0n) is 21.8. The fourth-order valence-electron chi connectivity index (χ4n) is 6.17. The Balaban J connectivity index is 1.72. The standard InChI is InChI=1S/C35H30N2/c1-21(2)25-14-9-15-26(22(3)4)33(25)31-20-37-34-29(28-12-7-8-13-30(28)35(37)36-31)19-18-24-17-16-23-10-5-6-11-27(23)32(24)34/h5-22H,1-4H3. The van der Waals surface area contributed by atoms with Crippen LogP contribution in [0, 0.1) is 0 Å². The molecule has 0 aliphatic carbocycles. The molecule has 0 spiro atoms. The second-order valence-electron chi connectivity index (χ2n) is 10.8. The average Bonchev–Trinajstić information content (AvgIpc) is 3.37. The monoisotopic (exact) mass is 478 g/mol. The lowest BCUT2D eigenvalue weighted by molar-refractivity contribution is 0.837. The number of fused-ring (bicyclic) bond motifs is 10. The van der Waals surface area contributed by atoms with E-state index in [1.54, 1.807) is 0 Å². The Kier molecular flexibility index (Phi) is 4.87. The fraction of sp³-hybridized carbons (Fsp3) is 0.171. The van der Waals surface area contributed by atoms with Gasteiger partial charge in [0.1, 0.15) is 5.65 Å². The van der Waals surface area contributed by atoms with Crippen molar-refractivity contribution in [2.75, 3.05) is 0 Å². The van der Waals surface area contributed by atoms with Gasteiger partial charge in [0.2, 0.25) is 0 Å². The lowest BCUT2D eigenvalue weighted by atomic mass is 9.87. The number of hydrogen-bond acceptors (Lipinski definition) is 1. The first-order valence-electron chi connectivity index (χ1n) is 13.3. The third kappa shape index (κ3) is 3.22. The molecule has 0 radical (unpaired) electrons. The van der Waals surface area contributed by atoms with Crippen LogP contribution in [-0.2, 0) is 0 Å². The first-order valence-corrected chi connectivity index (χ1v) is 13.3. The summed E-state index contributed by atoms with van der Waals surface area (Å²) in [7, 11) is 0. The van der Waals surface area contributed by atoms with Gasteiger partial charge in [0.15, 0.2) is 0 Å². The SMILES string of the molecule is CC(C)c1cccc(C(C)C)c1-c1cn2c(n1)c1ccccc1c1ccc3ccc4ccccc4c3c12. The van der Waals surface area contributed by atoms with E-state index in [-0.39, 0.29) is 0 Å². The molecule has 0 aliphatic rings. The van der Waals surface area contributed by atoms with Crippen LogP contribution in [0.15, 0.2) is 97.2 Å². The van der Waals surface area contributed by atoms with E-state index in [1.165, 1.54) is 59.9 Å². The number of benzene rings is 5. The predicted molar refractivity (Wildman–Crippen MR) is 159 cm³/mol. The number of nitrogens with zero attached hydrogens (tertiary/aromatic N) is 2. The average molecular weight is 479 g/mol. The molecule has 0 atom stereocenters. The van der Waals surface area contributed by atoms with Gasteiger partial charge in [0, 0.05) is 27.9 Å². The molecule has 0 bridgehead atoms. The topological polar surface area (TPSA) is 17.3 Å². The summed E-state index contributed by atoms with van der Waals surface area (Å²) in [5, 5.41) is 8.78. The molecule has 0 N–H and O–H groups in total. The van der Waals surface area contributed by atoms with Crippen LogP contribution >= 0.6 is 0 Å². The Morgan fingerprint density at radius 3 is 1.92 bits per heavy atom. The van der Waals surface area contributed by atoms with Crippen LogP contribution in [0.25, 0.3) is 60.1 Å². The second kappa shape index (κ2) is 8.18. The van der Waals surface area contributed by atoms with Gasteiger partial charge < -0.3 is 0 Å². The third-order valence-corrected chi connectivity index (χ3v) is 7.92. The molecule has 0 saturated carbocycles. The van der Waals surface area contributed by atoms with Crippen LogP contribution in [0.5, 0.6) is 0 Å². The van der Waals surface area contributed by atoms with Crippen molar-refractivity contribution in [3.63, 3.8) is 0 Å². The van der Waals surface area contributed by atoms with E-state index in [1.807, 2.05) is 0 Å². The minimum atomic E-state index is 0.414. The molecule has 0 aliphatic heterocycles. The summed E-state index contributed by atoms with van der Waals surface area (Å²) >= 11 is 0. The Labute approximate surface area is 217 Å². The van der Waals surface area contributed by atoms with E-state index in [2.05, 4.69) is 129 Å². The van der Waals surface area contributed by atoms with Crippen LogP contribution in [0.1, 0.15) is 50.7 Å². The van der Waals surface area contributed by atoms with Crippen LogP contribution in [-0.4, -0.2) is 9.38 Å². The van der Waals surface area contributed by atoms with E-state index in [9.17, 15) is 0 Å². The van der Waals surface area contributed by atoms with E-state index < -0.39 is 0 Å². The molecule has 0 saturated heterocycles. The quantitative estimate of drug-likeness (QED) is 0.231. The largest absolute Gasteiger partial charge is 0.298 e. The summed E-state index contributed by atoms with van der Waals surface area (Å²) in [6, 6.07) is 33.2. The zero-order chi connectivity index (χ0) is 25.3. The minimum Gasteiger partial charge on any atom is -0.298 e. The van der Waals surface area contributed by atoms with Gasteiger partial charge in [-0.1, -0.05) is 119 Å². The summed E-state index contributed by atoms with van der Waals surface area (Å²) in [5.74, 6) is 0.827. The summed E-state index contributed by atoms with van der Waals surface area (Å²) < 4.78 is 2.36. The van der Waals surface area contributed by atoms with E-state index in [4.69, 9.17) is 4.98 Å². The van der Waals surface area contributed by atoms with Crippen molar-refractivity contribution in [2.24, 2.45) is 0 Å². The molecule has 7 rings (SSSR count). The van der Waals surface area contributed by atoms with Gasteiger partial charge in [0.25, 0.3) is 0 Å². The maximum absolute atomic E-state index is 5.40. The van der Waals surface area contributed by atoms with Crippen molar-refractivity contribution in [1.29, 1.82) is 0 Å². The summed E-state index contributed by atoms with van der Waals surface area (Å²) in [4.78, 5) is 5.40. The van der Waals surface area contributed by atoms with Crippen LogP contribution in [0.4, 0.5) is 0 Å². The van der Waals surface area contributed by atoms with Crippen molar-refractivity contribution in [1.82, 2.24) is 9.38 Å². The van der Waals surface area contributed by atoms with E-state index in [0.717, 1.165) is 11.3 Å². The molecule has 2 heterocycles. The van der Waals surface area contributed by atoms with E-state index in [0.29, 0.717) is 11.8 Å². The highest BCUT2D eigenvalue weighted by Crippen LogP contribution is 2.40. The van der Waals surface area contributed by atoms with Gasteiger partial charge in [-0.15, -0.1) is 0 Å². The number of hydrogen-bond donors (Lipinski definition) is 0. The van der Waals surface area contributed by atoms with Crippen molar-refractivity contribution >= 4 is 48.9 Å². The third-order valence-electron chi connectivity index (χ3n) is 7.92. The normalized spacial score (nSPS) is 12.3. The number of rotatable bonds is 3. The lowest BCUT2D eigenvalue weighted by Crippen LogP contribution is -1.99. The minimum absolute atomic E-state index is 0.414. The lowest BCUT2D eigenvalue weighted by Gasteiger charge is -2.18. The highest BCUT2D eigenvalue weighted by molar-refractivity contribution is 6.25. The summed E-state index contributed by atoms with van der Waals surface area (Å²) in [6.07, 6.45) is 2.29. The van der Waals surface area contributed by atoms with Gasteiger partial charge in [-0.3, -0.25) is 4.40 Å². The molecule has 2 heteroatoms. The zero-order valence-corrected chi connectivity index (χ0v) is 21.8. The summed E-state index contributed by atoms with van der Waals surface area (Å²) in [6.45, 7) is 9.12. The van der Waals surface area contributed by atoms with Crippen LogP contribution in [0.3, 0.4) is 0 Å². The maximum atomic E-state index is 5.40. The second-order valence-corrected chi connectivity index (χ2v) is 10.8. The number of pyridine rings is 1. The molecule has 0 fully saturated rings. The molecule has 180 valence electrons. The number of imidazole rings is 1. The molecular weight excluding hydrogens is 448 g/mol. The fourth-order valence-corrected chi connectivity index (χ4v) is 6.17. The molecule has 0 unspecified atom stereocenters. The molecule has 2 nitrogen and oxygen atoms in total. The first kappa shape index (κ1) is 22.1. The molecule has 0 amide bonds. The van der Waals surface area contributed by atoms with Gasteiger partial charge in [-0.05, 0) is 44.5 Å². The highest BCUT2D eigenvalue weighted by atomic mass is 15.0. The van der Waals surface area contributed by atoms with Crippen LogP contribution in [0.2, 0.25) is 0 Å². The Bertz CT molecular complexity index is 1960. The molecular formula is C35H30N2. The summed E-state index contributed by atoms with van der Waals surface area (Å²) in [5.41, 5.74) is 7.32. The van der Waals surface area contributed by atoms with E-state index >= 15 is 0 Å². The van der Waals surface area contributed by atoms with Gasteiger partial charge in [-0.25, -0.2) is 4.98 Å².